The van der Waals surface area contributed by atoms with Crippen molar-refractivity contribution in [3.8, 4) is 28.7 Å². The first-order valence-corrected chi connectivity index (χ1v) is 9.72. The van der Waals surface area contributed by atoms with Crippen molar-refractivity contribution in [1.82, 2.24) is 0 Å². The molecule has 0 amide bonds. The number of aromatic hydroxyl groups is 4. The number of rotatable bonds is 3. The van der Waals surface area contributed by atoms with Gasteiger partial charge >= 0.3 is 0 Å². The molecule has 2 aromatic carbocycles. The van der Waals surface area contributed by atoms with E-state index in [2.05, 4.69) is 0 Å². The van der Waals surface area contributed by atoms with Gasteiger partial charge in [-0.25, -0.2) is 0 Å². The van der Waals surface area contributed by atoms with Crippen LogP contribution in [0.5, 0.6) is 28.7 Å². The Morgan fingerprint density at radius 1 is 0.875 bits per heavy atom. The van der Waals surface area contributed by atoms with E-state index in [-0.39, 0.29) is 22.6 Å². The lowest BCUT2D eigenvalue weighted by molar-refractivity contribution is -0.304. The molecule has 7 atom stereocenters. The Kier molecular flexibility index (Phi) is 5.61. The zero-order chi connectivity index (χ0) is 23.3. The molecule has 1 saturated heterocycles. The van der Waals surface area contributed by atoms with Crippen molar-refractivity contribution in [1.29, 1.82) is 0 Å². The summed E-state index contributed by atoms with van der Waals surface area (Å²) in [6.45, 7) is 1.44. The summed E-state index contributed by atoms with van der Waals surface area (Å²) in [5, 5.41) is 69.7. The molecule has 32 heavy (non-hydrogen) atoms. The number of hydrogen-bond acceptors (Lipinski definition) is 11. The number of carbonyl (C=O) groups excluding carboxylic acids is 1. The third kappa shape index (κ3) is 3.70. The molecule has 0 aliphatic carbocycles. The number of phenolic OH excluding ortho intramolecular Hbond substituents is 4. The van der Waals surface area contributed by atoms with Gasteiger partial charge in [-0.05, 0) is 24.6 Å². The van der Waals surface area contributed by atoms with Crippen LogP contribution in [0.25, 0.3) is 0 Å². The van der Waals surface area contributed by atoms with Crippen molar-refractivity contribution in [3.05, 3.63) is 41.5 Å². The van der Waals surface area contributed by atoms with Gasteiger partial charge in [0.05, 0.1) is 6.10 Å². The summed E-state index contributed by atoms with van der Waals surface area (Å²) in [4.78, 5) is 13.3. The summed E-state index contributed by atoms with van der Waals surface area (Å²) in [6, 6.07) is 5.72. The highest BCUT2D eigenvalue weighted by Gasteiger charge is 2.48. The molecule has 7 N–H and O–H groups in total. The lowest BCUT2D eigenvalue weighted by atomic mass is 9.92. The second kappa shape index (κ2) is 8.11. The molecule has 2 aliphatic rings. The topological polar surface area (TPSA) is 186 Å². The van der Waals surface area contributed by atoms with E-state index in [0.29, 0.717) is 0 Å². The van der Waals surface area contributed by atoms with Crippen LogP contribution in [0.1, 0.15) is 28.9 Å². The number of ketones is 1. The number of hydrogen-bond donors (Lipinski definition) is 7. The van der Waals surface area contributed by atoms with Gasteiger partial charge in [0.25, 0.3) is 0 Å². The van der Waals surface area contributed by atoms with E-state index >= 15 is 0 Å². The molecule has 1 fully saturated rings. The van der Waals surface area contributed by atoms with Crippen LogP contribution >= 0.6 is 0 Å². The predicted octanol–water partition coefficient (Wildman–Crippen LogP) is 0.0381. The van der Waals surface area contributed by atoms with Crippen LogP contribution in [0.4, 0.5) is 0 Å². The summed E-state index contributed by atoms with van der Waals surface area (Å²) in [7, 11) is 0. The lowest BCUT2D eigenvalue weighted by Gasteiger charge is -2.42. The number of benzene rings is 2. The van der Waals surface area contributed by atoms with Gasteiger partial charge in [0.15, 0.2) is 30.0 Å². The Morgan fingerprint density at radius 2 is 1.59 bits per heavy atom. The molecular formula is C21H22O11. The van der Waals surface area contributed by atoms with Crippen LogP contribution in [0.15, 0.2) is 30.3 Å². The third-order valence-corrected chi connectivity index (χ3v) is 5.52. The number of aliphatic hydroxyl groups is 3. The molecule has 2 unspecified atom stereocenters. The van der Waals surface area contributed by atoms with Crippen LogP contribution in [0.2, 0.25) is 0 Å². The Labute approximate surface area is 181 Å². The number of carbonyl (C=O) groups is 1. The average Bonchev–Trinajstić information content (AvgIpc) is 2.73. The molecule has 0 spiro atoms. The van der Waals surface area contributed by atoms with Crippen LogP contribution < -0.4 is 4.74 Å². The molecule has 0 radical (unpaired) electrons. The van der Waals surface area contributed by atoms with Crippen molar-refractivity contribution in [2.75, 3.05) is 0 Å². The monoisotopic (exact) mass is 450 g/mol. The van der Waals surface area contributed by atoms with E-state index in [1.807, 2.05) is 0 Å². The van der Waals surface area contributed by atoms with Gasteiger partial charge in [-0.1, -0.05) is 6.07 Å². The highest BCUT2D eigenvalue weighted by molar-refractivity contribution is 6.05. The van der Waals surface area contributed by atoms with Crippen molar-refractivity contribution in [2.24, 2.45) is 0 Å². The number of ether oxygens (including phenoxy) is 3. The van der Waals surface area contributed by atoms with Crippen LogP contribution in [0, 0.1) is 0 Å². The molecular weight excluding hydrogens is 428 g/mol. The van der Waals surface area contributed by atoms with Crippen molar-refractivity contribution in [3.63, 3.8) is 0 Å². The van der Waals surface area contributed by atoms with Gasteiger partial charge in [0.1, 0.15) is 41.1 Å². The maximum Gasteiger partial charge on any atom is 0.203 e. The largest absolute Gasteiger partial charge is 0.508 e. The van der Waals surface area contributed by atoms with E-state index in [9.17, 15) is 40.5 Å². The molecule has 2 heterocycles. The normalized spacial score (nSPS) is 32.2. The maximum absolute atomic E-state index is 13.3. The minimum Gasteiger partial charge on any atom is -0.508 e. The number of Topliss-reactive ketones (excluding diaryl/α,β-unsaturated/α-hetero) is 1. The van der Waals surface area contributed by atoms with E-state index in [1.165, 1.54) is 19.1 Å². The first-order valence-electron chi connectivity index (χ1n) is 9.72. The van der Waals surface area contributed by atoms with Gasteiger partial charge in [-0.2, -0.15) is 0 Å². The predicted molar refractivity (Wildman–Crippen MR) is 104 cm³/mol. The molecule has 11 heteroatoms. The van der Waals surface area contributed by atoms with E-state index in [4.69, 9.17) is 14.2 Å². The van der Waals surface area contributed by atoms with Crippen LogP contribution in [0.3, 0.4) is 0 Å². The van der Waals surface area contributed by atoms with E-state index in [1.54, 1.807) is 0 Å². The Bertz CT molecular complexity index is 1040. The third-order valence-electron chi connectivity index (χ3n) is 5.52. The van der Waals surface area contributed by atoms with Crippen molar-refractivity contribution in [2.45, 2.75) is 49.8 Å². The molecule has 11 nitrogen and oxygen atoms in total. The lowest BCUT2D eigenvalue weighted by Crippen LogP contribution is -2.59. The van der Waals surface area contributed by atoms with Crippen LogP contribution in [-0.4, -0.2) is 78.3 Å². The van der Waals surface area contributed by atoms with E-state index < -0.39 is 65.9 Å². The number of phenols is 4. The summed E-state index contributed by atoms with van der Waals surface area (Å²) >= 11 is 0. The van der Waals surface area contributed by atoms with Gasteiger partial charge < -0.3 is 50.0 Å². The Hall–Kier alpha value is -3.09. The maximum atomic E-state index is 13.3. The highest BCUT2D eigenvalue weighted by Crippen LogP contribution is 2.44. The summed E-state index contributed by atoms with van der Waals surface area (Å²) in [5.41, 5.74) is -0.1000. The first-order chi connectivity index (χ1) is 15.1. The zero-order valence-corrected chi connectivity index (χ0v) is 16.7. The highest BCUT2D eigenvalue weighted by atomic mass is 16.7. The zero-order valence-electron chi connectivity index (χ0n) is 16.7. The van der Waals surface area contributed by atoms with Crippen LogP contribution in [-0.2, 0) is 9.47 Å². The second-order valence-electron chi connectivity index (χ2n) is 7.73. The molecule has 172 valence electrons. The minimum atomic E-state index is -1.71. The fourth-order valence-corrected chi connectivity index (χ4v) is 3.77. The van der Waals surface area contributed by atoms with Crippen molar-refractivity contribution < 1.29 is 54.8 Å². The van der Waals surface area contributed by atoms with Gasteiger partial charge in [0, 0.05) is 12.1 Å². The molecule has 2 aliphatic heterocycles. The fraction of sp³-hybridized carbons (Fsp3) is 0.381. The number of aliphatic hydroxyl groups excluding tert-OH is 3. The van der Waals surface area contributed by atoms with Crippen molar-refractivity contribution >= 4 is 5.78 Å². The average molecular weight is 450 g/mol. The quantitative estimate of drug-likeness (QED) is 0.313. The second-order valence-corrected chi connectivity index (χ2v) is 7.73. The van der Waals surface area contributed by atoms with E-state index in [0.717, 1.165) is 18.2 Å². The standard InChI is InChI=1S/C21H22O11/c1-7-15(26)17(28)18(29)21(30-7)32-20-16(27)14-12(25)5-9(22)6-13(14)31-19(20)8-2-3-10(23)11(24)4-8/h2-7,15,17-26,28-29H,1H3/t7-,15+,17-,18-,19?,20?,21+/m1/s1. The van der Waals surface area contributed by atoms with Gasteiger partial charge in [-0.15, -0.1) is 0 Å². The molecule has 2 aromatic rings. The SMILES string of the molecule is C[C@H]1O[C@@H](OC2C(=O)c3c(O)cc(O)cc3OC2c2ccc(O)c(O)c2)[C@H](O)[C@H](O)[C@H]1O. The summed E-state index contributed by atoms with van der Waals surface area (Å²) < 4.78 is 16.9. The Balaban J connectivity index is 1.75. The summed E-state index contributed by atoms with van der Waals surface area (Å²) in [5.74, 6) is -2.79. The summed E-state index contributed by atoms with van der Waals surface area (Å²) in [6.07, 6.45) is -10.0. The molecule has 4 rings (SSSR count). The molecule has 0 saturated carbocycles. The molecule has 0 aromatic heterocycles. The molecule has 0 bridgehead atoms. The van der Waals surface area contributed by atoms with Gasteiger partial charge in [-0.3, -0.25) is 4.79 Å². The first kappa shape index (κ1) is 22.1. The van der Waals surface area contributed by atoms with Gasteiger partial charge in [0.2, 0.25) is 5.78 Å². The Morgan fingerprint density at radius 3 is 2.28 bits per heavy atom. The fourth-order valence-electron chi connectivity index (χ4n) is 3.77. The smallest absolute Gasteiger partial charge is 0.203 e. The number of fused-ring (bicyclic) bond motifs is 1. The minimum absolute atomic E-state index is 0.154.